The Labute approximate surface area is 69.6 Å². The fourth-order valence-electron chi connectivity index (χ4n) is 0.931. The molecule has 0 heterocycles. The van der Waals surface area contributed by atoms with E-state index in [1.54, 1.807) is 6.92 Å². The lowest BCUT2D eigenvalue weighted by Crippen LogP contribution is -1.96. The van der Waals surface area contributed by atoms with Gasteiger partial charge in [0.05, 0.1) is 5.56 Å². The number of ketones is 1. The van der Waals surface area contributed by atoms with Crippen LogP contribution in [0, 0.1) is 5.82 Å². The molecule has 64 valence electrons. The van der Waals surface area contributed by atoms with Crippen molar-refractivity contribution in [3.63, 3.8) is 0 Å². The molecule has 0 spiro atoms. The zero-order chi connectivity index (χ0) is 9.14. The maximum atomic E-state index is 12.4. The van der Waals surface area contributed by atoms with Gasteiger partial charge in [0.25, 0.3) is 0 Å². The number of carbonyl (C=O) groups is 1. The molecule has 0 saturated heterocycles. The van der Waals surface area contributed by atoms with E-state index in [4.69, 9.17) is 5.11 Å². The molecule has 0 radical (unpaired) electrons. The molecule has 0 aliphatic heterocycles. The molecule has 0 bridgehead atoms. The summed E-state index contributed by atoms with van der Waals surface area (Å²) < 4.78 is 12.4. The lowest BCUT2D eigenvalue weighted by Gasteiger charge is -2.00. The number of halogens is 1. The van der Waals surface area contributed by atoms with Gasteiger partial charge in [-0.3, -0.25) is 4.79 Å². The van der Waals surface area contributed by atoms with Crippen LogP contribution in [0.2, 0.25) is 0 Å². The van der Waals surface area contributed by atoms with Gasteiger partial charge in [0.1, 0.15) is 11.6 Å². The van der Waals surface area contributed by atoms with Crippen molar-refractivity contribution >= 4 is 5.78 Å². The SMILES string of the molecule is CCC(=O)c1ccc(F)cc1O. The van der Waals surface area contributed by atoms with E-state index < -0.39 is 5.82 Å². The van der Waals surface area contributed by atoms with Gasteiger partial charge in [0.2, 0.25) is 0 Å². The van der Waals surface area contributed by atoms with Gasteiger partial charge in [0, 0.05) is 12.5 Å². The van der Waals surface area contributed by atoms with Crippen molar-refractivity contribution in [2.75, 3.05) is 0 Å². The molecule has 12 heavy (non-hydrogen) atoms. The summed E-state index contributed by atoms with van der Waals surface area (Å²) in [6, 6.07) is 3.38. The second-order valence-corrected chi connectivity index (χ2v) is 2.44. The summed E-state index contributed by atoms with van der Waals surface area (Å²) in [5.74, 6) is -1.02. The van der Waals surface area contributed by atoms with Crippen LogP contribution < -0.4 is 0 Å². The third kappa shape index (κ3) is 1.61. The topological polar surface area (TPSA) is 37.3 Å². The van der Waals surface area contributed by atoms with E-state index in [-0.39, 0.29) is 17.1 Å². The number of rotatable bonds is 2. The Morgan fingerprint density at radius 1 is 1.58 bits per heavy atom. The molecule has 0 atom stereocenters. The number of phenols is 1. The molecule has 0 unspecified atom stereocenters. The first-order valence-corrected chi connectivity index (χ1v) is 3.67. The monoisotopic (exact) mass is 168 g/mol. The molecule has 0 aliphatic rings. The Morgan fingerprint density at radius 2 is 2.25 bits per heavy atom. The molecule has 0 saturated carbocycles. The molecular formula is C9H9FO2. The van der Waals surface area contributed by atoms with Gasteiger partial charge in [-0.25, -0.2) is 4.39 Å². The maximum absolute atomic E-state index is 12.4. The zero-order valence-electron chi connectivity index (χ0n) is 6.67. The van der Waals surface area contributed by atoms with Crippen molar-refractivity contribution in [2.24, 2.45) is 0 Å². The molecule has 0 fully saturated rings. The standard InChI is InChI=1S/C9H9FO2/c1-2-8(11)7-4-3-6(10)5-9(7)12/h3-5,12H,2H2,1H3. The number of phenolic OH excluding ortho intramolecular Hbond substituents is 1. The van der Waals surface area contributed by atoms with Crippen molar-refractivity contribution in [1.82, 2.24) is 0 Å². The molecule has 0 aliphatic carbocycles. The van der Waals surface area contributed by atoms with Crippen molar-refractivity contribution < 1.29 is 14.3 Å². The molecule has 1 aromatic carbocycles. The van der Waals surface area contributed by atoms with Gasteiger partial charge in [-0.05, 0) is 12.1 Å². The van der Waals surface area contributed by atoms with Crippen LogP contribution in [0.4, 0.5) is 4.39 Å². The molecule has 1 aromatic rings. The van der Waals surface area contributed by atoms with Gasteiger partial charge in [-0.1, -0.05) is 6.92 Å². The van der Waals surface area contributed by atoms with Gasteiger partial charge < -0.3 is 5.11 Å². The van der Waals surface area contributed by atoms with Crippen molar-refractivity contribution in [3.05, 3.63) is 29.6 Å². The lowest BCUT2D eigenvalue weighted by molar-refractivity contribution is 0.0985. The third-order valence-electron chi connectivity index (χ3n) is 1.58. The normalized spacial score (nSPS) is 9.83. The Kier molecular flexibility index (Phi) is 2.43. The number of Topliss-reactive ketones (excluding diaryl/α,β-unsaturated/α-hetero) is 1. The third-order valence-corrected chi connectivity index (χ3v) is 1.58. The van der Waals surface area contributed by atoms with Crippen LogP contribution >= 0.6 is 0 Å². The first kappa shape index (κ1) is 8.71. The Hall–Kier alpha value is -1.38. The first-order chi connectivity index (χ1) is 5.65. The van der Waals surface area contributed by atoms with E-state index in [1.165, 1.54) is 6.07 Å². The average Bonchev–Trinajstić information content (AvgIpc) is 2.03. The number of hydrogen-bond acceptors (Lipinski definition) is 2. The van der Waals surface area contributed by atoms with Crippen LogP contribution in [0.1, 0.15) is 23.7 Å². The van der Waals surface area contributed by atoms with Crippen molar-refractivity contribution in [2.45, 2.75) is 13.3 Å². The minimum Gasteiger partial charge on any atom is -0.507 e. The summed E-state index contributed by atoms with van der Waals surface area (Å²) in [5, 5.41) is 9.13. The van der Waals surface area contributed by atoms with Crippen LogP contribution in [-0.2, 0) is 0 Å². The molecule has 3 heteroatoms. The predicted molar refractivity (Wildman–Crippen MR) is 42.7 cm³/mol. The summed E-state index contributed by atoms with van der Waals surface area (Å²) in [4.78, 5) is 11.1. The summed E-state index contributed by atoms with van der Waals surface area (Å²) in [7, 11) is 0. The van der Waals surface area contributed by atoms with E-state index in [1.807, 2.05) is 0 Å². The van der Waals surface area contributed by atoms with E-state index in [0.717, 1.165) is 12.1 Å². The van der Waals surface area contributed by atoms with E-state index >= 15 is 0 Å². The van der Waals surface area contributed by atoms with Crippen molar-refractivity contribution in [3.8, 4) is 5.75 Å². The quantitative estimate of drug-likeness (QED) is 0.687. The predicted octanol–water partition coefficient (Wildman–Crippen LogP) is 2.12. The summed E-state index contributed by atoms with van der Waals surface area (Å²) >= 11 is 0. The van der Waals surface area contributed by atoms with Crippen LogP contribution in [0.15, 0.2) is 18.2 Å². The fourth-order valence-corrected chi connectivity index (χ4v) is 0.931. The second-order valence-electron chi connectivity index (χ2n) is 2.44. The van der Waals surface area contributed by atoms with E-state index in [2.05, 4.69) is 0 Å². The maximum Gasteiger partial charge on any atom is 0.166 e. The van der Waals surface area contributed by atoms with E-state index in [0.29, 0.717) is 6.42 Å². The lowest BCUT2D eigenvalue weighted by atomic mass is 10.1. The number of benzene rings is 1. The molecule has 1 N–H and O–H groups in total. The number of carbonyl (C=O) groups excluding carboxylic acids is 1. The Bertz CT molecular complexity index is 307. The average molecular weight is 168 g/mol. The molecule has 0 aromatic heterocycles. The summed E-state index contributed by atoms with van der Waals surface area (Å²) in [6.07, 6.45) is 0.305. The molecule has 0 amide bonds. The van der Waals surface area contributed by atoms with E-state index in [9.17, 15) is 9.18 Å². The second kappa shape index (κ2) is 3.34. The summed E-state index contributed by atoms with van der Waals surface area (Å²) in [5.41, 5.74) is 0.180. The highest BCUT2D eigenvalue weighted by molar-refractivity contribution is 5.98. The highest BCUT2D eigenvalue weighted by Crippen LogP contribution is 2.19. The van der Waals surface area contributed by atoms with Gasteiger partial charge >= 0.3 is 0 Å². The van der Waals surface area contributed by atoms with Crippen LogP contribution in [0.3, 0.4) is 0 Å². The van der Waals surface area contributed by atoms with Gasteiger partial charge in [-0.15, -0.1) is 0 Å². The van der Waals surface area contributed by atoms with Crippen LogP contribution in [0.5, 0.6) is 5.75 Å². The minimum atomic E-state index is -0.542. The highest BCUT2D eigenvalue weighted by atomic mass is 19.1. The smallest absolute Gasteiger partial charge is 0.166 e. The number of hydrogen-bond donors (Lipinski definition) is 1. The molecule has 2 nitrogen and oxygen atoms in total. The number of aromatic hydroxyl groups is 1. The van der Waals surface area contributed by atoms with Crippen LogP contribution in [-0.4, -0.2) is 10.9 Å². The largest absolute Gasteiger partial charge is 0.507 e. The van der Waals surface area contributed by atoms with Gasteiger partial charge in [0.15, 0.2) is 5.78 Å². The highest BCUT2D eigenvalue weighted by Gasteiger charge is 2.08. The van der Waals surface area contributed by atoms with Crippen LogP contribution in [0.25, 0.3) is 0 Å². The minimum absolute atomic E-state index is 0.180. The summed E-state index contributed by atoms with van der Waals surface area (Å²) in [6.45, 7) is 1.69. The Morgan fingerprint density at radius 3 is 2.75 bits per heavy atom. The fraction of sp³-hybridized carbons (Fsp3) is 0.222. The molecular weight excluding hydrogens is 159 g/mol. The Balaban J connectivity index is 3.09. The first-order valence-electron chi connectivity index (χ1n) is 3.67. The van der Waals surface area contributed by atoms with Gasteiger partial charge in [-0.2, -0.15) is 0 Å². The van der Waals surface area contributed by atoms with Crippen molar-refractivity contribution in [1.29, 1.82) is 0 Å². The molecule has 1 rings (SSSR count). The zero-order valence-corrected chi connectivity index (χ0v) is 6.67.